The molecule has 4 heteroatoms. The molecule has 1 saturated carbocycles. The lowest BCUT2D eigenvalue weighted by atomic mass is 10.1. The van der Waals surface area contributed by atoms with Gasteiger partial charge in [0.15, 0.2) is 0 Å². The number of hydrogen-bond acceptors (Lipinski definition) is 1. The summed E-state index contributed by atoms with van der Waals surface area (Å²) in [7, 11) is 0. The molecule has 2 amide bonds. The van der Waals surface area contributed by atoms with E-state index in [2.05, 4.69) is 32.6 Å². The third kappa shape index (κ3) is 4.39. The van der Waals surface area contributed by atoms with Gasteiger partial charge in [0.1, 0.15) is 0 Å². The van der Waals surface area contributed by atoms with Gasteiger partial charge in [0.05, 0.1) is 0 Å². The van der Waals surface area contributed by atoms with Crippen LogP contribution in [0.15, 0.2) is 34.9 Å². The first-order chi connectivity index (χ1) is 9.15. The minimum Gasteiger partial charge on any atom is -0.315 e. The first-order valence-electron chi connectivity index (χ1n) is 6.65. The Morgan fingerprint density at radius 1 is 1.37 bits per heavy atom. The molecule has 1 aromatic rings. The number of benzene rings is 1. The summed E-state index contributed by atoms with van der Waals surface area (Å²) in [5, 5.41) is 5.60. The maximum atomic E-state index is 11.7. The molecule has 0 radical (unpaired) electrons. The van der Waals surface area contributed by atoms with Crippen LogP contribution in [0, 0.1) is 12.8 Å². The Balaban J connectivity index is 1.83. The molecule has 0 aromatic heterocycles. The van der Waals surface area contributed by atoms with E-state index in [0.717, 1.165) is 15.7 Å². The van der Waals surface area contributed by atoms with Gasteiger partial charge in [-0.05, 0) is 49.4 Å². The van der Waals surface area contributed by atoms with Crippen LogP contribution in [0.2, 0.25) is 0 Å². The van der Waals surface area contributed by atoms with Gasteiger partial charge in [-0.15, -0.1) is 0 Å². The number of allylic oxidation sites excluding steroid dienone is 1. The number of carbonyl (C=O) groups excluding carboxylic acids is 1. The van der Waals surface area contributed by atoms with Gasteiger partial charge in [-0.1, -0.05) is 34.8 Å². The maximum Gasteiger partial charge on any atom is 0.323 e. The second kappa shape index (κ2) is 6.75. The van der Waals surface area contributed by atoms with Gasteiger partial charge in [0.2, 0.25) is 0 Å². The average Bonchev–Trinajstić information content (AvgIpc) is 2.86. The van der Waals surface area contributed by atoms with E-state index in [1.165, 1.54) is 25.7 Å². The van der Waals surface area contributed by atoms with Crippen LogP contribution in [0.5, 0.6) is 0 Å². The molecule has 1 aliphatic carbocycles. The van der Waals surface area contributed by atoms with E-state index in [-0.39, 0.29) is 6.03 Å². The standard InChI is InChI=1S/C15H19BrN2O/c1-11-10-13(16)6-7-14(11)18-15(19)17-9-8-12-4-2-3-5-12/h6-10,12H,2-5H2,1H3,(H2,17,18,19)/b9-8+. The molecule has 0 atom stereocenters. The fourth-order valence-corrected chi connectivity index (χ4v) is 2.81. The molecule has 102 valence electrons. The lowest BCUT2D eigenvalue weighted by Crippen LogP contribution is -2.24. The monoisotopic (exact) mass is 322 g/mol. The molecule has 3 nitrogen and oxygen atoms in total. The number of halogens is 1. The van der Waals surface area contributed by atoms with Crippen LogP contribution in [-0.2, 0) is 0 Å². The van der Waals surface area contributed by atoms with E-state index < -0.39 is 0 Å². The van der Waals surface area contributed by atoms with Crippen LogP contribution in [0.3, 0.4) is 0 Å². The highest BCUT2D eigenvalue weighted by molar-refractivity contribution is 9.10. The summed E-state index contributed by atoms with van der Waals surface area (Å²) in [5.41, 5.74) is 1.86. The number of hydrogen-bond donors (Lipinski definition) is 2. The van der Waals surface area contributed by atoms with Crippen molar-refractivity contribution in [2.45, 2.75) is 32.6 Å². The lowest BCUT2D eigenvalue weighted by molar-refractivity contribution is 0.255. The fraction of sp³-hybridized carbons (Fsp3) is 0.400. The molecule has 2 N–H and O–H groups in total. The van der Waals surface area contributed by atoms with E-state index >= 15 is 0 Å². The molecule has 2 rings (SSSR count). The quantitative estimate of drug-likeness (QED) is 0.840. The van der Waals surface area contributed by atoms with E-state index in [9.17, 15) is 4.79 Å². The smallest absolute Gasteiger partial charge is 0.315 e. The van der Waals surface area contributed by atoms with Gasteiger partial charge >= 0.3 is 6.03 Å². The molecule has 1 fully saturated rings. The van der Waals surface area contributed by atoms with E-state index in [0.29, 0.717) is 5.92 Å². The zero-order valence-electron chi connectivity index (χ0n) is 11.1. The average molecular weight is 323 g/mol. The first kappa shape index (κ1) is 14.1. The number of anilines is 1. The Kier molecular flexibility index (Phi) is 5.02. The van der Waals surface area contributed by atoms with E-state index in [1.807, 2.05) is 25.1 Å². The summed E-state index contributed by atoms with van der Waals surface area (Å²) in [6.07, 6.45) is 8.95. The maximum absolute atomic E-state index is 11.7. The number of rotatable bonds is 3. The highest BCUT2D eigenvalue weighted by atomic mass is 79.9. The highest BCUT2D eigenvalue weighted by Crippen LogP contribution is 2.25. The summed E-state index contributed by atoms with van der Waals surface area (Å²) >= 11 is 3.40. The van der Waals surface area contributed by atoms with Crippen molar-refractivity contribution in [2.24, 2.45) is 5.92 Å². The van der Waals surface area contributed by atoms with Crippen molar-refractivity contribution >= 4 is 27.6 Å². The normalized spacial score (nSPS) is 15.9. The van der Waals surface area contributed by atoms with Gasteiger partial charge in [0, 0.05) is 16.4 Å². The molecule has 19 heavy (non-hydrogen) atoms. The van der Waals surface area contributed by atoms with Crippen LogP contribution >= 0.6 is 15.9 Å². The SMILES string of the molecule is Cc1cc(Br)ccc1NC(=O)N/C=C/C1CCCC1. The Morgan fingerprint density at radius 3 is 2.79 bits per heavy atom. The Hall–Kier alpha value is -1.29. The van der Waals surface area contributed by atoms with Crippen molar-refractivity contribution in [3.05, 3.63) is 40.5 Å². The second-order valence-electron chi connectivity index (χ2n) is 4.96. The third-order valence-electron chi connectivity index (χ3n) is 3.42. The summed E-state index contributed by atoms with van der Waals surface area (Å²) in [6.45, 7) is 1.97. The van der Waals surface area contributed by atoms with Gasteiger partial charge in [-0.3, -0.25) is 0 Å². The molecule has 0 heterocycles. The van der Waals surface area contributed by atoms with Gasteiger partial charge in [0.25, 0.3) is 0 Å². The number of urea groups is 1. The summed E-state index contributed by atoms with van der Waals surface area (Å²) < 4.78 is 1.01. The van der Waals surface area contributed by atoms with Crippen molar-refractivity contribution < 1.29 is 4.79 Å². The Labute approximate surface area is 122 Å². The van der Waals surface area contributed by atoms with Crippen LogP contribution in [0.25, 0.3) is 0 Å². The predicted octanol–water partition coefficient (Wildman–Crippen LogP) is 4.58. The van der Waals surface area contributed by atoms with Crippen molar-refractivity contribution in [1.82, 2.24) is 5.32 Å². The fourth-order valence-electron chi connectivity index (χ4n) is 2.34. The lowest BCUT2D eigenvalue weighted by Gasteiger charge is -2.08. The second-order valence-corrected chi connectivity index (χ2v) is 5.88. The molecule has 1 aromatic carbocycles. The first-order valence-corrected chi connectivity index (χ1v) is 7.45. The zero-order chi connectivity index (χ0) is 13.7. The summed E-state index contributed by atoms with van der Waals surface area (Å²) in [4.78, 5) is 11.7. The van der Waals surface area contributed by atoms with Gasteiger partial charge in [-0.2, -0.15) is 0 Å². The highest BCUT2D eigenvalue weighted by Gasteiger charge is 2.11. The topological polar surface area (TPSA) is 41.1 Å². The van der Waals surface area contributed by atoms with Crippen molar-refractivity contribution in [1.29, 1.82) is 0 Å². The zero-order valence-corrected chi connectivity index (χ0v) is 12.7. The summed E-state index contributed by atoms with van der Waals surface area (Å²) in [6, 6.07) is 5.58. The van der Waals surface area contributed by atoms with Crippen molar-refractivity contribution in [2.75, 3.05) is 5.32 Å². The molecule has 0 spiro atoms. The van der Waals surface area contributed by atoms with Gasteiger partial charge < -0.3 is 10.6 Å². The number of nitrogens with one attached hydrogen (secondary N) is 2. The minimum absolute atomic E-state index is 0.195. The van der Waals surface area contributed by atoms with Crippen LogP contribution < -0.4 is 10.6 Å². The third-order valence-corrected chi connectivity index (χ3v) is 3.91. The van der Waals surface area contributed by atoms with Crippen molar-refractivity contribution in [3.8, 4) is 0 Å². The van der Waals surface area contributed by atoms with E-state index in [1.54, 1.807) is 6.20 Å². The molecule has 0 aliphatic heterocycles. The molecule has 1 aliphatic rings. The molecule has 0 bridgehead atoms. The Bertz CT molecular complexity index is 479. The molecule has 0 unspecified atom stereocenters. The van der Waals surface area contributed by atoms with Gasteiger partial charge in [-0.25, -0.2) is 4.79 Å². The van der Waals surface area contributed by atoms with E-state index in [4.69, 9.17) is 0 Å². The number of aryl methyl sites for hydroxylation is 1. The van der Waals surface area contributed by atoms with Crippen LogP contribution in [0.1, 0.15) is 31.2 Å². The van der Waals surface area contributed by atoms with Crippen molar-refractivity contribution in [3.63, 3.8) is 0 Å². The van der Waals surface area contributed by atoms with Crippen LogP contribution in [0.4, 0.5) is 10.5 Å². The van der Waals surface area contributed by atoms with Crippen LogP contribution in [-0.4, -0.2) is 6.03 Å². The Morgan fingerprint density at radius 2 is 2.11 bits per heavy atom. The molecule has 0 saturated heterocycles. The largest absolute Gasteiger partial charge is 0.323 e. The number of amides is 2. The molecular weight excluding hydrogens is 304 g/mol. The summed E-state index contributed by atoms with van der Waals surface area (Å²) in [5.74, 6) is 0.634. The predicted molar refractivity (Wildman–Crippen MR) is 82.1 cm³/mol. The number of carbonyl (C=O) groups is 1. The minimum atomic E-state index is -0.195. The molecular formula is C15H19BrN2O.